The van der Waals surface area contributed by atoms with Gasteiger partial charge in [0.15, 0.2) is 5.82 Å². The summed E-state index contributed by atoms with van der Waals surface area (Å²) in [6, 6.07) is 6.78. The molecule has 0 N–H and O–H groups in total. The summed E-state index contributed by atoms with van der Waals surface area (Å²) in [5, 5.41) is 0. The Morgan fingerprint density at radius 1 is 1.07 bits per heavy atom. The van der Waals surface area contributed by atoms with Gasteiger partial charge < -0.3 is 14.6 Å². The van der Waals surface area contributed by atoms with E-state index in [-0.39, 0.29) is 29.9 Å². The van der Waals surface area contributed by atoms with Gasteiger partial charge in [0, 0.05) is 45.3 Å². The summed E-state index contributed by atoms with van der Waals surface area (Å²) in [6.45, 7) is 16.0. The van der Waals surface area contributed by atoms with E-state index in [0.29, 0.717) is 48.3 Å². The summed E-state index contributed by atoms with van der Waals surface area (Å²) in [4.78, 5) is 44.9. The zero-order valence-electron chi connectivity index (χ0n) is 24.7. The summed E-state index contributed by atoms with van der Waals surface area (Å²) in [5.74, 6) is 0.375. The number of pyridine rings is 1. The molecule has 0 spiro atoms. The van der Waals surface area contributed by atoms with Gasteiger partial charge in [0.1, 0.15) is 6.04 Å². The first-order chi connectivity index (χ1) is 19.8. The van der Waals surface area contributed by atoms with Crippen molar-refractivity contribution >= 4 is 28.6 Å². The Hall–Kier alpha value is -3.98. The molecule has 4 rings (SSSR count). The van der Waals surface area contributed by atoms with E-state index in [0.717, 1.165) is 12.1 Å². The number of anilines is 1. The second kappa shape index (κ2) is 12.1. The van der Waals surface area contributed by atoms with Crippen LogP contribution in [0.3, 0.4) is 0 Å². The van der Waals surface area contributed by atoms with Crippen LogP contribution in [0.4, 0.5) is 24.8 Å². The molecule has 1 unspecified atom stereocenters. The lowest BCUT2D eigenvalue weighted by molar-refractivity contribution is -0.139. The van der Waals surface area contributed by atoms with Crippen LogP contribution in [0.5, 0.6) is 0 Å². The Labute approximate surface area is 243 Å². The van der Waals surface area contributed by atoms with E-state index < -0.39 is 23.5 Å². The smallest absolute Gasteiger partial charge is 0.361 e. The van der Waals surface area contributed by atoms with Crippen molar-refractivity contribution in [3.8, 4) is 0 Å². The van der Waals surface area contributed by atoms with Gasteiger partial charge in [-0.25, -0.2) is 4.79 Å². The highest BCUT2D eigenvalue weighted by atomic mass is 19.4. The zero-order chi connectivity index (χ0) is 30.9. The number of halogens is 3. The minimum absolute atomic E-state index is 0.114. The van der Waals surface area contributed by atoms with E-state index in [1.54, 1.807) is 31.1 Å². The number of carbonyl (C=O) groups excluding carboxylic acids is 1. The summed E-state index contributed by atoms with van der Waals surface area (Å²) < 4.78 is 41.5. The Bertz CT molecular complexity index is 1550. The van der Waals surface area contributed by atoms with Crippen LogP contribution in [0.1, 0.15) is 57.7 Å². The monoisotopic (exact) mass is 583 g/mol. The van der Waals surface area contributed by atoms with Crippen molar-refractivity contribution in [1.29, 1.82) is 0 Å². The number of hydrogen-bond acceptors (Lipinski definition) is 6. The van der Waals surface area contributed by atoms with Gasteiger partial charge in [0.25, 0.3) is 5.82 Å². The van der Waals surface area contributed by atoms with Crippen LogP contribution in [0, 0.1) is 6.57 Å². The Morgan fingerprint density at radius 3 is 2.26 bits per heavy atom. The molecule has 0 bridgehead atoms. The van der Waals surface area contributed by atoms with Crippen molar-refractivity contribution < 1.29 is 18.0 Å². The first kappa shape index (κ1) is 31.0. The minimum Gasteiger partial charge on any atom is -0.361 e. The van der Waals surface area contributed by atoms with E-state index in [4.69, 9.17) is 6.57 Å². The first-order valence-corrected chi connectivity index (χ1v) is 14.0. The van der Waals surface area contributed by atoms with Gasteiger partial charge in [0.05, 0.1) is 11.1 Å². The third-order valence-corrected chi connectivity index (χ3v) is 8.23. The number of rotatable bonds is 7. The number of carbonyl (C=O) groups is 1. The highest BCUT2D eigenvalue weighted by Crippen LogP contribution is 2.36. The molecule has 3 aromatic rings. The molecule has 0 aliphatic carbocycles. The maximum atomic E-state index is 14.0. The number of hydrogen-bond donors (Lipinski definition) is 0. The largest absolute Gasteiger partial charge is 0.416 e. The van der Waals surface area contributed by atoms with Crippen molar-refractivity contribution in [2.24, 2.45) is 7.05 Å². The zero-order valence-corrected chi connectivity index (χ0v) is 24.7. The molecule has 9 nitrogen and oxygen atoms in total. The minimum atomic E-state index is -4.48. The number of fused-ring (bicyclic) bond motifs is 1. The molecule has 3 atom stereocenters. The number of nitrogens with zero attached hydrogens (tertiary/aromatic N) is 7. The summed E-state index contributed by atoms with van der Waals surface area (Å²) in [6.07, 6.45) is -3.21. The fourth-order valence-electron chi connectivity index (χ4n) is 5.50. The molecular formula is C30H36F3N7O2. The Balaban J connectivity index is 1.81. The van der Waals surface area contributed by atoms with Crippen molar-refractivity contribution in [2.45, 2.75) is 70.9 Å². The third kappa shape index (κ3) is 5.83. The highest BCUT2D eigenvalue weighted by Gasteiger charge is 2.42. The van der Waals surface area contributed by atoms with Crippen LogP contribution in [0.25, 0.3) is 15.9 Å². The molecule has 0 radical (unpaired) electrons. The van der Waals surface area contributed by atoms with Crippen LogP contribution in [-0.2, 0) is 18.0 Å². The fourth-order valence-corrected chi connectivity index (χ4v) is 5.50. The predicted molar refractivity (Wildman–Crippen MR) is 155 cm³/mol. The summed E-state index contributed by atoms with van der Waals surface area (Å²) in [7, 11) is 3.31. The van der Waals surface area contributed by atoms with E-state index in [1.165, 1.54) is 16.7 Å². The van der Waals surface area contributed by atoms with E-state index >= 15 is 0 Å². The molecule has 12 heteroatoms. The SMILES string of the molecule is [C-]#[N+]c1ccc2c(n1)c(N1C[C@@H](CC)N(C(C(=O)N(C)C(C)C)c3ccc(C(F)(F)F)cc3)C[C@@H]1CC)nc(=O)n2C. The molecule has 224 valence electrons. The molecule has 1 fully saturated rings. The number of piperazine rings is 1. The van der Waals surface area contributed by atoms with Crippen molar-refractivity contribution in [1.82, 2.24) is 24.3 Å². The number of aryl methyl sites for hydroxylation is 1. The van der Waals surface area contributed by atoms with Gasteiger partial charge in [0.2, 0.25) is 11.4 Å². The van der Waals surface area contributed by atoms with Gasteiger partial charge in [-0.05, 0) is 56.5 Å². The second-order valence-corrected chi connectivity index (χ2v) is 11.0. The molecule has 1 aliphatic heterocycles. The molecule has 1 aliphatic rings. The number of benzene rings is 1. The lowest BCUT2D eigenvalue weighted by Crippen LogP contribution is -2.61. The van der Waals surface area contributed by atoms with E-state index in [1.807, 2.05) is 32.6 Å². The molecule has 3 heterocycles. The number of alkyl halides is 3. The lowest BCUT2D eigenvalue weighted by Gasteiger charge is -2.49. The maximum Gasteiger partial charge on any atom is 0.416 e. The molecule has 1 aromatic carbocycles. The van der Waals surface area contributed by atoms with Gasteiger partial charge in [-0.15, -0.1) is 4.98 Å². The van der Waals surface area contributed by atoms with E-state index in [9.17, 15) is 22.8 Å². The second-order valence-electron chi connectivity index (χ2n) is 11.0. The maximum absolute atomic E-state index is 14.0. The highest BCUT2D eigenvalue weighted by molar-refractivity contribution is 5.87. The molecule has 42 heavy (non-hydrogen) atoms. The average molecular weight is 584 g/mol. The summed E-state index contributed by atoms with van der Waals surface area (Å²) in [5.41, 5.74) is 0.272. The average Bonchev–Trinajstić information content (AvgIpc) is 2.97. The Kier molecular flexibility index (Phi) is 8.92. The standard InChI is InChI=1S/C30H36F3N7O2/c1-8-21-17-40(27-25-23(38(7)29(42)36-27)14-15-24(34-5)35-25)22(9-2)16-39(21)26(28(41)37(6)18(3)4)19-10-12-20(13-11-19)30(31,32)33/h10-15,18,21-22,26H,8-9,16-17H2,1-4,6-7H3/t21-,22+,26?/m1/s1. The molecule has 0 saturated carbocycles. The molecular weight excluding hydrogens is 547 g/mol. The third-order valence-electron chi connectivity index (χ3n) is 8.23. The van der Waals surface area contributed by atoms with Gasteiger partial charge >= 0.3 is 11.9 Å². The van der Waals surface area contributed by atoms with Gasteiger partial charge in [-0.1, -0.05) is 32.6 Å². The number of aromatic nitrogens is 3. The van der Waals surface area contributed by atoms with Gasteiger partial charge in [-0.3, -0.25) is 14.3 Å². The van der Waals surface area contributed by atoms with Crippen LogP contribution >= 0.6 is 0 Å². The molecule has 2 aromatic heterocycles. The normalized spacial score (nSPS) is 18.7. The molecule has 1 amide bonds. The van der Waals surface area contributed by atoms with Crippen LogP contribution in [-0.4, -0.2) is 68.5 Å². The fraction of sp³-hybridized carbons (Fsp3) is 0.500. The van der Waals surface area contributed by atoms with E-state index in [2.05, 4.69) is 19.7 Å². The first-order valence-electron chi connectivity index (χ1n) is 14.0. The van der Waals surface area contributed by atoms with Crippen molar-refractivity contribution in [2.75, 3.05) is 25.0 Å². The molecule has 1 saturated heterocycles. The van der Waals surface area contributed by atoms with Crippen molar-refractivity contribution in [3.05, 3.63) is 69.4 Å². The number of amides is 1. The lowest BCUT2D eigenvalue weighted by atomic mass is 9.94. The van der Waals surface area contributed by atoms with Crippen molar-refractivity contribution in [3.63, 3.8) is 0 Å². The van der Waals surface area contributed by atoms with Crippen LogP contribution < -0.4 is 10.6 Å². The quantitative estimate of drug-likeness (QED) is 0.357. The van der Waals surface area contributed by atoms with Gasteiger partial charge in [-0.2, -0.15) is 18.2 Å². The number of likely N-dealkylation sites (N-methyl/N-ethyl adjacent to an activating group) is 1. The Morgan fingerprint density at radius 2 is 1.71 bits per heavy atom. The topological polar surface area (TPSA) is 78.9 Å². The van der Waals surface area contributed by atoms with Crippen LogP contribution in [0.15, 0.2) is 41.2 Å². The summed E-state index contributed by atoms with van der Waals surface area (Å²) >= 11 is 0. The van der Waals surface area contributed by atoms with Crippen LogP contribution in [0.2, 0.25) is 0 Å². The predicted octanol–water partition coefficient (Wildman–Crippen LogP) is 5.19.